The summed E-state index contributed by atoms with van der Waals surface area (Å²) in [6.45, 7) is 4.37. The van der Waals surface area contributed by atoms with Crippen molar-refractivity contribution in [3.05, 3.63) is 17.7 Å². The molecule has 0 aliphatic carbocycles. The number of aliphatic hydroxyl groups is 1. The average molecular weight is 282 g/mol. The van der Waals surface area contributed by atoms with Gasteiger partial charge < -0.3 is 19.3 Å². The van der Waals surface area contributed by atoms with Gasteiger partial charge >= 0.3 is 0 Å². The molecule has 0 spiro atoms. The monoisotopic (exact) mass is 282 g/mol. The molecule has 0 fully saturated rings. The number of hydrogen-bond donors (Lipinski definition) is 1. The van der Waals surface area contributed by atoms with E-state index in [-0.39, 0.29) is 0 Å². The fourth-order valence-electron chi connectivity index (χ4n) is 2.26. The van der Waals surface area contributed by atoms with Crippen LogP contribution in [0.4, 0.5) is 0 Å². The Bertz CT molecular complexity index is 415. The van der Waals surface area contributed by atoms with Gasteiger partial charge in [-0.25, -0.2) is 0 Å². The molecule has 4 heteroatoms. The number of aliphatic hydroxyl groups excluding tert-OH is 1. The minimum Gasteiger partial charge on any atom is -0.493 e. The maximum atomic E-state index is 10.4. The van der Waals surface area contributed by atoms with Gasteiger partial charge in [-0.1, -0.05) is 26.7 Å². The molecular formula is C16H26O4. The summed E-state index contributed by atoms with van der Waals surface area (Å²) in [5.74, 6) is 2.32. The van der Waals surface area contributed by atoms with Gasteiger partial charge in [-0.2, -0.15) is 0 Å². The molecular weight excluding hydrogens is 256 g/mol. The SMILES string of the molecule is COc1ccc(C(O)CCCC(C)C)c(OC)c1OC. The van der Waals surface area contributed by atoms with Crippen molar-refractivity contribution in [3.63, 3.8) is 0 Å². The van der Waals surface area contributed by atoms with Gasteiger partial charge in [0.2, 0.25) is 5.75 Å². The van der Waals surface area contributed by atoms with Gasteiger partial charge in [0.05, 0.1) is 27.4 Å². The molecule has 20 heavy (non-hydrogen) atoms. The smallest absolute Gasteiger partial charge is 0.203 e. The summed E-state index contributed by atoms with van der Waals surface area (Å²) in [7, 11) is 4.72. The van der Waals surface area contributed by atoms with Gasteiger partial charge in [-0.3, -0.25) is 0 Å². The van der Waals surface area contributed by atoms with Crippen molar-refractivity contribution in [3.8, 4) is 17.2 Å². The Morgan fingerprint density at radius 1 is 0.950 bits per heavy atom. The third-order valence-electron chi connectivity index (χ3n) is 3.35. The van der Waals surface area contributed by atoms with Crippen molar-refractivity contribution in [2.45, 2.75) is 39.2 Å². The Hall–Kier alpha value is -1.42. The molecule has 1 rings (SSSR count). The lowest BCUT2D eigenvalue weighted by atomic mass is 9.99. The lowest BCUT2D eigenvalue weighted by Gasteiger charge is -2.19. The topological polar surface area (TPSA) is 47.9 Å². The van der Waals surface area contributed by atoms with Crippen LogP contribution < -0.4 is 14.2 Å². The maximum Gasteiger partial charge on any atom is 0.203 e. The van der Waals surface area contributed by atoms with Crippen molar-refractivity contribution in [2.24, 2.45) is 5.92 Å². The van der Waals surface area contributed by atoms with E-state index in [4.69, 9.17) is 14.2 Å². The van der Waals surface area contributed by atoms with Crippen molar-refractivity contribution in [1.82, 2.24) is 0 Å². The lowest BCUT2D eigenvalue weighted by Crippen LogP contribution is -2.04. The van der Waals surface area contributed by atoms with Gasteiger partial charge in [0.25, 0.3) is 0 Å². The van der Waals surface area contributed by atoms with E-state index in [0.29, 0.717) is 29.6 Å². The Morgan fingerprint density at radius 2 is 1.60 bits per heavy atom. The molecule has 0 aliphatic heterocycles. The van der Waals surface area contributed by atoms with E-state index in [1.165, 1.54) is 0 Å². The zero-order valence-corrected chi connectivity index (χ0v) is 13.1. The van der Waals surface area contributed by atoms with Crippen molar-refractivity contribution in [2.75, 3.05) is 21.3 Å². The van der Waals surface area contributed by atoms with E-state index in [0.717, 1.165) is 18.4 Å². The highest BCUT2D eigenvalue weighted by Crippen LogP contribution is 2.42. The van der Waals surface area contributed by atoms with E-state index in [2.05, 4.69) is 13.8 Å². The van der Waals surface area contributed by atoms with Gasteiger partial charge in [-0.05, 0) is 24.5 Å². The molecule has 0 aliphatic rings. The summed E-state index contributed by atoms with van der Waals surface area (Å²) in [6.07, 6.45) is 2.25. The van der Waals surface area contributed by atoms with Crippen LogP contribution in [0, 0.1) is 5.92 Å². The molecule has 0 amide bonds. The average Bonchev–Trinajstić information content (AvgIpc) is 2.44. The van der Waals surface area contributed by atoms with Crippen LogP contribution in [-0.2, 0) is 0 Å². The van der Waals surface area contributed by atoms with Crippen LogP contribution in [0.2, 0.25) is 0 Å². The summed E-state index contributed by atoms with van der Waals surface area (Å²) < 4.78 is 16.0. The molecule has 1 aromatic rings. The molecule has 1 atom stereocenters. The summed E-state index contributed by atoms with van der Waals surface area (Å²) in [5.41, 5.74) is 0.744. The zero-order chi connectivity index (χ0) is 15.1. The molecule has 4 nitrogen and oxygen atoms in total. The van der Waals surface area contributed by atoms with Crippen LogP contribution in [0.1, 0.15) is 44.8 Å². The summed E-state index contributed by atoms with van der Waals surface area (Å²) in [5, 5.41) is 10.4. The summed E-state index contributed by atoms with van der Waals surface area (Å²) in [6, 6.07) is 3.63. The number of ether oxygens (including phenoxy) is 3. The third-order valence-corrected chi connectivity index (χ3v) is 3.35. The number of methoxy groups -OCH3 is 3. The first-order valence-corrected chi connectivity index (χ1v) is 7.02. The van der Waals surface area contributed by atoms with Crippen LogP contribution in [0.5, 0.6) is 17.2 Å². The molecule has 1 unspecified atom stereocenters. The zero-order valence-electron chi connectivity index (χ0n) is 13.1. The molecule has 0 bridgehead atoms. The molecule has 0 aromatic heterocycles. The third kappa shape index (κ3) is 4.04. The molecule has 114 valence electrons. The minimum atomic E-state index is -0.552. The van der Waals surface area contributed by atoms with Crippen LogP contribution in [0.25, 0.3) is 0 Å². The van der Waals surface area contributed by atoms with E-state index in [1.807, 2.05) is 6.07 Å². The first kappa shape index (κ1) is 16.6. The molecule has 0 saturated carbocycles. The fraction of sp³-hybridized carbons (Fsp3) is 0.625. The van der Waals surface area contributed by atoms with Gasteiger partial charge in [0, 0.05) is 5.56 Å². The van der Waals surface area contributed by atoms with E-state index in [9.17, 15) is 5.11 Å². The van der Waals surface area contributed by atoms with E-state index in [1.54, 1.807) is 27.4 Å². The van der Waals surface area contributed by atoms with Crippen molar-refractivity contribution < 1.29 is 19.3 Å². The Morgan fingerprint density at radius 3 is 2.10 bits per heavy atom. The standard InChI is InChI=1S/C16H26O4/c1-11(2)7-6-8-13(17)12-9-10-14(18-3)16(20-5)15(12)19-4/h9-11,13,17H,6-8H2,1-5H3. The van der Waals surface area contributed by atoms with Crippen molar-refractivity contribution >= 4 is 0 Å². The quantitative estimate of drug-likeness (QED) is 0.792. The predicted octanol–water partition coefficient (Wildman–Crippen LogP) is 3.57. The van der Waals surface area contributed by atoms with Gasteiger partial charge in [0.15, 0.2) is 11.5 Å². The Labute approximate surface area is 121 Å². The van der Waals surface area contributed by atoms with Crippen molar-refractivity contribution in [1.29, 1.82) is 0 Å². The second-order valence-electron chi connectivity index (χ2n) is 5.26. The van der Waals surface area contributed by atoms with Crippen LogP contribution in [0.3, 0.4) is 0 Å². The normalized spacial score (nSPS) is 12.3. The second-order valence-corrected chi connectivity index (χ2v) is 5.26. The largest absolute Gasteiger partial charge is 0.493 e. The fourth-order valence-corrected chi connectivity index (χ4v) is 2.26. The van der Waals surface area contributed by atoms with Gasteiger partial charge in [0.1, 0.15) is 0 Å². The van der Waals surface area contributed by atoms with Crippen LogP contribution in [-0.4, -0.2) is 26.4 Å². The predicted molar refractivity (Wildman–Crippen MR) is 79.7 cm³/mol. The highest BCUT2D eigenvalue weighted by atomic mass is 16.5. The maximum absolute atomic E-state index is 10.4. The van der Waals surface area contributed by atoms with E-state index >= 15 is 0 Å². The van der Waals surface area contributed by atoms with Crippen LogP contribution in [0.15, 0.2) is 12.1 Å². The highest BCUT2D eigenvalue weighted by Gasteiger charge is 2.20. The Balaban J connectivity index is 2.93. The minimum absolute atomic E-state index is 0.524. The number of hydrogen-bond acceptors (Lipinski definition) is 4. The molecule has 0 saturated heterocycles. The summed E-state index contributed by atoms with van der Waals surface area (Å²) >= 11 is 0. The molecule has 0 heterocycles. The first-order chi connectivity index (χ1) is 9.54. The molecule has 1 N–H and O–H groups in total. The molecule has 0 radical (unpaired) electrons. The molecule has 1 aromatic carbocycles. The van der Waals surface area contributed by atoms with Gasteiger partial charge in [-0.15, -0.1) is 0 Å². The highest BCUT2D eigenvalue weighted by molar-refractivity contribution is 5.56. The second kappa shape index (κ2) is 8.00. The van der Waals surface area contributed by atoms with E-state index < -0.39 is 6.10 Å². The Kier molecular flexibility index (Phi) is 6.65. The summed E-state index contributed by atoms with van der Waals surface area (Å²) in [4.78, 5) is 0. The number of rotatable bonds is 8. The lowest BCUT2D eigenvalue weighted by molar-refractivity contribution is 0.157. The first-order valence-electron chi connectivity index (χ1n) is 7.02. The number of benzene rings is 1. The van der Waals surface area contributed by atoms with Crippen LogP contribution >= 0.6 is 0 Å².